The van der Waals surface area contributed by atoms with Crippen LogP contribution < -0.4 is 5.32 Å². The van der Waals surface area contributed by atoms with Gasteiger partial charge >= 0.3 is 0 Å². The molecule has 2 rings (SSSR count). The summed E-state index contributed by atoms with van der Waals surface area (Å²) in [5, 5.41) is 14.6. The van der Waals surface area contributed by atoms with Crippen molar-refractivity contribution in [1.29, 1.82) is 0 Å². The minimum Gasteiger partial charge on any atom is -0.508 e. The summed E-state index contributed by atoms with van der Waals surface area (Å²) < 4.78 is 0. The minimum absolute atomic E-state index is 0.0770. The molecule has 0 saturated carbocycles. The van der Waals surface area contributed by atoms with Crippen LogP contribution >= 0.6 is 23.2 Å². The molecule has 0 bridgehead atoms. The Bertz CT molecular complexity index is 641. The van der Waals surface area contributed by atoms with Gasteiger partial charge in [0.1, 0.15) is 5.75 Å². The topological polar surface area (TPSA) is 32.3 Å². The normalized spacial score (nSPS) is 12.2. The highest BCUT2D eigenvalue weighted by atomic mass is 35.5. The molecule has 4 heteroatoms. The van der Waals surface area contributed by atoms with Crippen molar-refractivity contribution in [3.63, 3.8) is 0 Å². The molecule has 0 aliphatic carbocycles. The van der Waals surface area contributed by atoms with Crippen molar-refractivity contribution in [2.75, 3.05) is 5.32 Å². The lowest BCUT2D eigenvalue weighted by Gasteiger charge is -2.19. The first-order valence-corrected chi connectivity index (χ1v) is 7.15. The standard InChI is InChI=1S/C16H17Cl2NO/c1-9-4-5-12(16(20)6-9)11(3)19-15-8-13(17)10(2)7-14(15)18/h4-8,11,19-20H,1-3H3. The monoisotopic (exact) mass is 309 g/mol. The van der Waals surface area contributed by atoms with E-state index in [0.29, 0.717) is 10.0 Å². The lowest BCUT2D eigenvalue weighted by molar-refractivity contribution is 0.465. The second kappa shape index (κ2) is 5.94. The first-order valence-electron chi connectivity index (χ1n) is 6.40. The van der Waals surface area contributed by atoms with E-state index in [4.69, 9.17) is 23.2 Å². The van der Waals surface area contributed by atoms with E-state index in [9.17, 15) is 5.11 Å². The van der Waals surface area contributed by atoms with E-state index in [-0.39, 0.29) is 11.8 Å². The second-order valence-electron chi connectivity index (χ2n) is 5.01. The average molecular weight is 310 g/mol. The Hall–Kier alpha value is -1.38. The molecule has 2 nitrogen and oxygen atoms in total. The van der Waals surface area contributed by atoms with Crippen molar-refractivity contribution < 1.29 is 5.11 Å². The maximum Gasteiger partial charge on any atom is 0.121 e. The zero-order chi connectivity index (χ0) is 14.9. The Morgan fingerprint density at radius 1 is 1.05 bits per heavy atom. The van der Waals surface area contributed by atoms with Crippen LogP contribution in [0.2, 0.25) is 10.0 Å². The Kier molecular flexibility index (Phi) is 4.46. The number of hydrogen-bond donors (Lipinski definition) is 2. The Balaban J connectivity index is 2.27. The van der Waals surface area contributed by atoms with E-state index >= 15 is 0 Å². The van der Waals surface area contributed by atoms with Gasteiger partial charge in [-0.3, -0.25) is 0 Å². The zero-order valence-electron chi connectivity index (χ0n) is 11.7. The van der Waals surface area contributed by atoms with Gasteiger partial charge < -0.3 is 10.4 Å². The number of anilines is 1. The molecule has 1 unspecified atom stereocenters. The van der Waals surface area contributed by atoms with Crippen LogP contribution in [0.3, 0.4) is 0 Å². The quantitative estimate of drug-likeness (QED) is 0.785. The van der Waals surface area contributed by atoms with Crippen LogP contribution in [0.15, 0.2) is 30.3 Å². The van der Waals surface area contributed by atoms with Crippen LogP contribution in [-0.4, -0.2) is 5.11 Å². The van der Waals surface area contributed by atoms with E-state index in [1.54, 1.807) is 12.1 Å². The lowest BCUT2D eigenvalue weighted by Crippen LogP contribution is -2.07. The maximum absolute atomic E-state index is 10.0. The Morgan fingerprint density at radius 3 is 2.40 bits per heavy atom. The molecule has 0 saturated heterocycles. The summed E-state index contributed by atoms with van der Waals surface area (Å²) in [7, 11) is 0. The van der Waals surface area contributed by atoms with E-state index in [0.717, 1.165) is 22.4 Å². The molecular weight excluding hydrogens is 293 g/mol. The third-order valence-electron chi connectivity index (χ3n) is 3.27. The number of nitrogens with one attached hydrogen (secondary N) is 1. The fourth-order valence-electron chi connectivity index (χ4n) is 2.09. The van der Waals surface area contributed by atoms with Crippen molar-refractivity contribution in [1.82, 2.24) is 0 Å². The average Bonchev–Trinajstić information content (AvgIpc) is 2.35. The molecule has 2 aromatic rings. The van der Waals surface area contributed by atoms with Crippen LogP contribution in [0.25, 0.3) is 0 Å². The first-order chi connectivity index (χ1) is 9.38. The van der Waals surface area contributed by atoms with Crippen LogP contribution in [0.4, 0.5) is 5.69 Å². The molecule has 1 atom stereocenters. The Labute approximate surface area is 129 Å². The summed E-state index contributed by atoms with van der Waals surface area (Å²) in [6.45, 7) is 5.82. The van der Waals surface area contributed by atoms with E-state index < -0.39 is 0 Å². The number of aryl methyl sites for hydroxylation is 2. The molecular formula is C16H17Cl2NO. The van der Waals surface area contributed by atoms with Crippen molar-refractivity contribution in [3.05, 3.63) is 57.1 Å². The molecule has 0 heterocycles. The van der Waals surface area contributed by atoms with Gasteiger partial charge in [0.15, 0.2) is 0 Å². The number of benzene rings is 2. The third kappa shape index (κ3) is 3.20. The third-order valence-corrected chi connectivity index (χ3v) is 3.99. The number of phenolic OH excluding ortho intramolecular Hbond substituents is 1. The van der Waals surface area contributed by atoms with E-state index in [1.807, 2.05) is 39.0 Å². The van der Waals surface area contributed by atoms with Crippen molar-refractivity contribution in [2.24, 2.45) is 0 Å². The van der Waals surface area contributed by atoms with Gasteiger partial charge in [-0.25, -0.2) is 0 Å². The number of aromatic hydroxyl groups is 1. The zero-order valence-corrected chi connectivity index (χ0v) is 13.2. The first kappa shape index (κ1) is 15.0. The molecule has 2 N–H and O–H groups in total. The van der Waals surface area contributed by atoms with Crippen LogP contribution in [-0.2, 0) is 0 Å². The number of rotatable bonds is 3. The molecule has 0 fully saturated rings. The van der Waals surface area contributed by atoms with E-state index in [1.165, 1.54) is 0 Å². The Morgan fingerprint density at radius 2 is 1.75 bits per heavy atom. The van der Waals surface area contributed by atoms with Gasteiger partial charge in [-0.2, -0.15) is 0 Å². The maximum atomic E-state index is 10.0. The van der Waals surface area contributed by atoms with Crippen molar-refractivity contribution in [2.45, 2.75) is 26.8 Å². The summed E-state index contributed by atoms with van der Waals surface area (Å²) in [5.74, 6) is 0.277. The second-order valence-corrected chi connectivity index (χ2v) is 5.82. The smallest absolute Gasteiger partial charge is 0.121 e. The highest BCUT2D eigenvalue weighted by Gasteiger charge is 2.13. The number of hydrogen-bond acceptors (Lipinski definition) is 2. The van der Waals surface area contributed by atoms with Crippen molar-refractivity contribution in [3.8, 4) is 5.75 Å². The fourth-order valence-corrected chi connectivity index (χ4v) is 2.52. The molecule has 2 aromatic carbocycles. The number of phenols is 1. The molecule has 0 aliphatic rings. The molecule has 20 heavy (non-hydrogen) atoms. The molecule has 0 spiro atoms. The molecule has 0 radical (unpaired) electrons. The SMILES string of the molecule is Cc1ccc(C(C)Nc2cc(Cl)c(C)cc2Cl)c(O)c1. The van der Waals surface area contributed by atoms with Gasteiger partial charge in [0.05, 0.1) is 16.8 Å². The molecule has 0 aliphatic heterocycles. The van der Waals surface area contributed by atoms with Crippen molar-refractivity contribution >= 4 is 28.9 Å². The molecule has 0 aromatic heterocycles. The number of halogens is 2. The van der Waals surface area contributed by atoms with Gasteiger partial charge in [-0.1, -0.05) is 35.3 Å². The summed E-state index contributed by atoms with van der Waals surface area (Å²) in [4.78, 5) is 0. The minimum atomic E-state index is -0.0770. The van der Waals surface area contributed by atoms with Crippen LogP contribution in [0.1, 0.15) is 29.7 Å². The van der Waals surface area contributed by atoms with Gasteiger partial charge in [-0.05, 0) is 50.1 Å². The van der Waals surface area contributed by atoms with Crippen LogP contribution in [0.5, 0.6) is 5.75 Å². The largest absolute Gasteiger partial charge is 0.508 e. The summed E-state index contributed by atoms with van der Waals surface area (Å²) in [6.07, 6.45) is 0. The van der Waals surface area contributed by atoms with Gasteiger partial charge in [0.2, 0.25) is 0 Å². The van der Waals surface area contributed by atoms with Crippen LogP contribution in [0, 0.1) is 13.8 Å². The van der Waals surface area contributed by atoms with Gasteiger partial charge in [0, 0.05) is 10.6 Å². The summed E-state index contributed by atoms with van der Waals surface area (Å²) in [6, 6.07) is 9.18. The highest BCUT2D eigenvalue weighted by molar-refractivity contribution is 6.35. The predicted octanol–water partition coefficient (Wildman–Crippen LogP) is 5.49. The van der Waals surface area contributed by atoms with Gasteiger partial charge in [0.25, 0.3) is 0 Å². The van der Waals surface area contributed by atoms with Gasteiger partial charge in [-0.15, -0.1) is 0 Å². The highest BCUT2D eigenvalue weighted by Crippen LogP contribution is 2.33. The predicted molar refractivity (Wildman–Crippen MR) is 86.1 cm³/mol. The fraction of sp³-hybridized carbons (Fsp3) is 0.250. The summed E-state index contributed by atoms with van der Waals surface area (Å²) >= 11 is 12.3. The summed E-state index contributed by atoms with van der Waals surface area (Å²) in [5.41, 5.74) is 3.54. The molecule has 106 valence electrons. The lowest BCUT2D eigenvalue weighted by atomic mass is 10.0. The molecule has 0 amide bonds. The van der Waals surface area contributed by atoms with E-state index in [2.05, 4.69) is 5.32 Å².